The molecule has 1 saturated carbocycles. The summed E-state index contributed by atoms with van der Waals surface area (Å²) >= 11 is 0. The first kappa shape index (κ1) is 24.4. The van der Waals surface area contributed by atoms with Gasteiger partial charge < -0.3 is 29.9 Å². The van der Waals surface area contributed by atoms with Crippen LogP contribution in [0.1, 0.15) is 62.3 Å². The molecular formula is C28H36O6. The van der Waals surface area contributed by atoms with Crippen molar-refractivity contribution >= 4 is 12.2 Å². The zero-order valence-corrected chi connectivity index (χ0v) is 20.5. The molecule has 0 spiro atoms. The third kappa shape index (κ3) is 4.37. The maximum Gasteiger partial charge on any atom is 0.165 e. The second-order valence-corrected chi connectivity index (χ2v) is 10.5. The summed E-state index contributed by atoms with van der Waals surface area (Å²) in [6.45, 7) is 6.39. The highest BCUT2D eigenvalue weighted by atomic mass is 16.5. The van der Waals surface area contributed by atoms with E-state index in [1.54, 1.807) is 19.2 Å². The van der Waals surface area contributed by atoms with Crippen molar-refractivity contribution < 1.29 is 29.9 Å². The lowest BCUT2D eigenvalue weighted by atomic mass is 9.57. The van der Waals surface area contributed by atoms with Gasteiger partial charge in [-0.15, -0.1) is 0 Å². The van der Waals surface area contributed by atoms with Crippen LogP contribution in [-0.4, -0.2) is 45.8 Å². The Morgan fingerprint density at radius 3 is 2.32 bits per heavy atom. The molecule has 2 aliphatic rings. The monoisotopic (exact) mass is 468 g/mol. The summed E-state index contributed by atoms with van der Waals surface area (Å²) in [5.41, 5.74) is 2.46. The molecule has 0 radical (unpaired) electrons. The van der Waals surface area contributed by atoms with Gasteiger partial charge in [-0.05, 0) is 85.4 Å². The van der Waals surface area contributed by atoms with Crippen molar-refractivity contribution in [2.75, 3.05) is 13.7 Å². The molecule has 1 heterocycles. The summed E-state index contributed by atoms with van der Waals surface area (Å²) < 4.78 is 12.3. The molecule has 4 rings (SSSR count). The molecule has 1 fully saturated rings. The molecule has 184 valence electrons. The van der Waals surface area contributed by atoms with E-state index in [4.69, 9.17) is 14.6 Å². The molecular weight excluding hydrogens is 432 g/mol. The zero-order valence-electron chi connectivity index (χ0n) is 20.5. The van der Waals surface area contributed by atoms with Gasteiger partial charge in [-0.2, -0.15) is 0 Å². The lowest BCUT2D eigenvalue weighted by Gasteiger charge is -2.55. The molecule has 2 aromatic carbocycles. The number of aliphatic hydroxyl groups is 2. The smallest absolute Gasteiger partial charge is 0.165 e. The minimum absolute atomic E-state index is 0.000557. The lowest BCUT2D eigenvalue weighted by molar-refractivity contribution is -0.138. The Hall–Kier alpha value is -2.70. The van der Waals surface area contributed by atoms with Gasteiger partial charge >= 0.3 is 0 Å². The van der Waals surface area contributed by atoms with Crippen molar-refractivity contribution in [3.8, 4) is 23.0 Å². The molecule has 2 aromatic rings. The van der Waals surface area contributed by atoms with Gasteiger partial charge in [-0.3, -0.25) is 0 Å². The van der Waals surface area contributed by atoms with Crippen LogP contribution in [0, 0.1) is 11.3 Å². The minimum atomic E-state index is -0.360. The molecule has 0 bridgehead atoms. The number of ether oxygens (including phenoxy) is 2. The zero-order chi connectivity index (χ0) is 24.7. The van der Waals surface area contributed by atoms with Crippen molar-refractivity contribution in [1.29, 1.82) is 0 Å². The summed E-state index contributed by atoms with van der Waals surface area (Å²) in [6, 6.07) is 7.23. The number of hydrogen-bond acceptors (Lipinski definition) is 6. The summed E-state index contributed by atoms with van der Waals surface area (Å²) in [7, 11) is 1.64. The quantitative estimate of drug-likeness (QED) is 0.459. The van der Waals surface area contributed by atoms with Gasteiger partial charge in [0.25, 0.3) is 0 Å². The second kappa shape index (κ2) is 9.16. The van der Waals surface area contributed by atoms with E-state index in [9.17, 15) is 15.3 Å². The molecule has 6 nitrogen and oxygen atoms in total. The van der Waals surface area contributed by atoms with Gasteiger partial charge in [0.15, 0.2) is 11.5 Å². The van der Waals surface area contributed by atoms with Gasteiger partial charge in [0.2, 0.25) is 0 Å². The Labute approximate surface area is 201 Å². The third-order valence-electron chi connectivity index (χ3n) is 7.82. The summed E-state index contributed by atoms with van der Waals surface area (Å²) in [6.07, 6.45) is 6.57. The number of aromatic hydroxyl groups is 2. The van der Waals surface area contributed by atoms with Crippen molar-refractivity contribution in [3.63, 3.8) is 0 Å². The van der Waals surface area contributed by atoms with Crippen LogP contribution < -0.4 is 9.47 Å². The fraction of sp³-hybridized carbons (Fsp3) is 0.500. The van der Waals surface area contributed by atoms with Gasteiger partial charge in [0.1, 0.15) is 17.1 Å². The molecule has 1 aliphatic carbocycles. The first-order valence-electron chi connectivity index (χ1n) is 12.0. The Morgan fingerprint density at radius 1 is 1.06 bits per heavy atom. The Balaban J connectivity index is 1.65. The molecule has 1 aliphatic heterocycles. The number of methoxy groups -OCH3 is 1. The SMILES string of the molecule is COc1cc(/C=C/c2cc(O)c(CCCO)c(O)c2)cc2c1O[C@]1(C)CC[C@@H](O)C(C)(C)[C@H]1C2. The molecule has 0 saturated heterocycles. The maximum atomic E-state index is 10.7. The van der Waals surface area contributed by atoms with E-state index < -0.39 is 0 Å². The van der Waals surface area contributed by atoms with Crippen molar-refractivity contribution in [1.82, 2.24) is 0 Å². The highest BCUT2D eigenvalue weighted by Gasteiger charge is 2.54. The van der Waals surface area contributed by atoms with E-state index >= 15 is 0 Å². The van der Waals surface area contributed by atoms with E-state index in [0.717, 1.165) is 36.1 Å². The van der Waals surface area contributed by atoms with Gasteiger partial charge in [0, 0.05) is 18.1 Å². The van der Waals surface area contributed by atoms with Crippen molar-refractivity contribution in [3.05, 3.63) is 46.5 Å². The fourth-order valence-corrected chi connectivity index (χ4v) is 5.71. The average Bonchev–Trinajstić information content (AvgIpc) is 2.79. The highest BCUT2D eigenvalue weighted by molar-refractivity contribution is 5.73. The number of hydrogen-bond donors (Lipinski definition) is 4. The molecule has 4 N–H and O–H groups in total. The highest BCUT2D eigenvalue weighted by Crippen LogP contribution is 2.55. The van der Waals surface area contributed by atoms with Crippen LogP contribution in [0.3, 0.4) is 0 Å². The molecule has 0 aromatic heterocycles. The predicted octanol–water partition coefficient (Wildman–Crippen LogP) is 4.69. The largest absolute Gasteiger partial charge is 0.508 e. The van der Waals surface area contributed by atoms with E-state index in [1.807, 2.05) is 18.2 Å². The van der Waals surface area contributed by atoms with Crippen molar-refractivity contribution in [2.45, 2.75) is 64.6 Å². The van der Waals surface area contributed by atoms with Gasteiger partial charge in [-0.25, -0.2) is 0 Å². The predicted molar refractivity (Wildman–Crippen MR) is 132 cm³/mol. The van der Waals surface area contributed by atoms with Crippen LogP contribution in [0.5, 0.6) is 23.0 Å². The van der Waals surface area contributed by atoms with E-state index in [2.05, 4.69) is 26.8 Å². The molecule has 34 heavy (non-hydrogen) atoms. The standard InChI is InChI=1S/C28H36O6/c1-27(2)24-16-19-12-17(7-8-18-13-21(30)20(6-5-11-29)22(31)14-18)15-23(33-4)26(19)34-28(24,3)10-9-25(27)32/h7-8,12-15,24-25,29-32H,5-6,9-11,16H2,1-4H3/b8-7+/t24-,25-,28-/m1/s1. The van der Waals surface area contributed by atoms with Gasteiger partial charge in [-0.1, -0.05) is 26.0 Å². The fourth-order valence-electron chi connectivity index (χ4n) is 5.71. The number of phenols is 2. The average molecular weight is 469 g/mol. The maximum absolute atomic E-state index is 10.7. The first-order chi connectivity index (χ1) is 16.1. The minimum Gasteiger partial charge on any atom is -0.508 e. The second-order valence-electron chi connectivity index (χ2n) is 10.5. The molecule has 6 heteroatoms. The van der Waals surface area contributed by atoms with E-state index in [0.29, 0.717) is 29.7 Å². The van der Waals surface area contributed by atoms with Crippen LogP contribution in [-0.2, 0) is 12.8 Å². The van der Waals surface area contributed by atoms with Crippen LogP contribution in [0.2, 0.25) is 0 Å². The number of benzene rings is 2. The topological polar surface area (TPSA) is 99.4 Å². The van der Waals surface area contributed by atoms with Crippen LogP contribution >= 0.6 is 0 Å². The van der Waals surface area contributed by atoms with E-state index in [1.165, 1.54) is 0 Å². The third-order valence-corrected chi connectivity index (χ3v) is 7.82. The van der Waals surface area contributed by atoms with Gasteiger partial charge in [0.05, 0.1) is 13.2 Å². The first-order valence-corrected chi connectivity index (χ1v) is 12.0. The molecule has 3 atom stereocenters. The van der Waals surface area contributed by atoms with Crippen LogP contribution in [0.4, 0.5) is 0 Å². The van der Waals surface area contributed by atoms with Crippen LogP contribution in [0.25, 0.3) is 12.2 Å². The summed E-state index contributed by atoms with van der Waals surface area (Å²) in [5, 5.41) is 40.3. The van der Waals surface area contributed by atoms with Crippen molar-refractivity contribution in [2.24, 2.45) is 11.3 Å². The summed E-state index contributed by atoms with van der Waals surface area (Å²) in [4.78, 5) is 0. The summed E-state index contributed by atoms with van der Waals surface area (Å²) in [5.74, 6) is 1.64. The number of rotatable bonds is 6. The van der Waals surface area contributed by atoms with E-state index in [-0.39, 0.29) is 41.1 Å². The van der Waals surface area contributed by atoms with Crippen LogP contribution in [0.15, 0.2) is 24.3 Å². The number of aliphatic hydroxyl groups excluding tert-OH is 2. The number of phenolic OH excluding ortho intramolecular Hbond substituents is 2. The lowest BCUT2D eigenvalue weighted by Crippen LogP contribution is -2.58. The Morgan fingerprint density at radius 2 is 1.71 bits per heavy atom. The normalized spacial score (nSPS) is 25.5. The Kier molecular flexibility index (Phi) is 6.58. The molecule has 0 unspecified atom stereocenters. The molecule has 0 amide bonds. The Bertz CT molecular complexity index is 1070. The number of fused-ring (bicyclic) bond motifs is 2.